The van der Waals surface area contributed by atoms with Crippen LogP contribution in [0.5, 0.6) is 0 Å². The minimum absolute atomic E-state index is 0.102. The zero-order valence-corrected chi connectivity index (χ0v) is 18.8. The first-order chi connectivity index (χ1) is 13.2. The Hall–Kier alpha value is -1.55. The van der Waals surface area contributed by atoms with Crippen molar-refractivity contribution in [3.63, 3.8) is 0 Å². The predicted molar refractivity (Wildman–Crippen MR) is 115 cm³/mol. The van der Waals surface area contributed by atoms with Gasteiger partial charge in [0.05, 0.1) is 5.69 Å². The molecule has 154 valence electrons. The largest absolute Gasteiger partial charge is 0.331 e. The van der Waals surface area contributed by atoms with Gasteiger partial charge >= 0.3 is 0 Å². The lowest BCUT2D eigenvalue weighted by Gasteiger charge is -2.25. The quantitative estimate of drug-likeness (QED) is 0.736. The van der Waals surface area contributed by atoms with Gasteiger partial charge in [-0.1, -0.05) is 13.8 Å². The maximum atomic E-state index is 12.8. The summed E-state index contributed by atoms with van der Waals surface area (Å²) in [7, 11) is -3.40. The lowest BCUT2D eigenvalue weighted by atomic mass is 10.0. The summed E-state index contributed by atoms with van der Waals surface area (Å²) in [5.74, 6) is 0.102. The van der Waals surface area contributed by atoms with E-state index in [0.717, 1.165) is 34.3 Å². The number of aryl methyl sites for hydroxylation is 3. The molecule has 1 fully saturated rings. The first kappa shape index (κ1) is 21.2. The molecule has 9 heteroatoms. The van der Waals surface area contributed by atoms with Gasteiger partial charge in [0.15, 0.2) is 5.13 Å². The number of hydrogen-bond acceptors (Lipinski definition) is 6. The summed E-state index contributed by atoms with van der Waals surface area (Å²) in [5, 5.41) is 4.24. The lowest BCUT2D eigenvalue weighted by molar-refractivity contribution is 0.377. The van der Waals surface area contributed by atoms with Crippen LogP contribution in [-0.4, -0.2) is 53.2 Å². The van der Waals surface area contributed by atoms with Crippen LogP contribution in [-0.2, 0) is 10.2 Å². The molecule has 3 rings (SSSR count). The van der Waals surface area contributed by atoms with Gasteiger partial charge in [0, 0.05) is 54.0 Å². The molecule has 0 aromatic carbocycles. The molecule has 1 aliphatic heterocycles. The molecule has 0 aliphatic carbocycles. The van der Waals surface area contributed by atoms with Gasteiger partial charge in [0.2, 0.25) is 0 Å². The molecular weight excluding hydrogens is 394 g/mol. The normalized spacial score (nSPS) is 18.1. The average molecular weight is 424 g/mol. The van der Waals surface area contributed by atoms with Crippen LogP contribution in [0, 0.1) is 20.8 Å². The molecule has 0 radical (unpaired) electrons. The summed E-state index contributed by atoms with van der Waals surface area (Å²) in [6, 6.07) is 4.02. The minimum Gasteiger partial charge on any atom is -0.331 e. The highest BCUT2D eigenvalue weighted by Crippen LogP contribution is 2.32. The molecule has 0 unspecified atom stereocenters. The van der Waals surface area contributed by atoms with Gasteiger partial charge in [-0.05, 0) is 39.3 Å². The highest BCUT2D eigenvalue weighted by atomic mass is 32.2. The number of pyridine rings is 1. The van der Waals surface area contributed by atoms with E-state index >= 15 is 0 Å². The van der Waals surface area contributed by atoms with Crippen molar-refractivity contribution < 1.29 is 8.42 Å². The maximum Gasteiger partial charge on any atom is 0.281 e. The summed E-state index contributed by atoms with van der Waals surface area (Å²) in [6.07, 6.45) is 0.784. The zero-order valence-electron chi connectivity index (χ0n) is 17.2. The predicted octanol–water partition coefficient (Wildman–Crippen LogP) is 3.58. The van der Waals surface area contributed by atoms with E-state index in [9.17, 15) is 8.42 Å². The fourth-order valence-corrected chi connectivity index (χ4v) is 6.04. The monoisotopic (exact) mass is 423 g/mol. The summed E-state index contributed by atoms with van der Waals surface area (Å²) in [4.78, 5) is 10.4. The summed E-state index contributed by atoms with van der Waals surface area (Å²) in [6.45, 7) is 11.8. The van der Waals surface area contributed by atoms with Crippen molar-refractivity contribution in [2.75, 3.05) is 31.5 Å². The van der Waals surface area contributed by atoms with Crippen LogP contribution in [0.25, 0.3) is 0 Å². The van der Waals surface area contributed by atoms with E-state index < -0.39 is 10.2 Å². The molecule has 0 bridgehead atoms. The Balaban J connectivity index is 1.78. The molecule has 1 saturated heterocycles. The summed E-state index contributed by atoms with van der Waals surface area (Å²) < 4.78 is 28.7. The van der Waals surface area contributed by atoms with Crippen LogP contribution in [0.2, 0.25) is 0 Å². The van der Waals surface area contributed by atoms with E-state index in [1.54, 1.807) is 15.6 Å². The van der Waals surface area contributed by atoms with Gasteiger partial charge < -0.3 is 5.32 Å². The molecule has 1 aliphatic rings. The van der Waals surface area contributed by atoms with E-state index in [1.165, 1.54) is 9.18 Å². The molecular formula is C19H29N5O2S2. The number of anilines is 2. The number of hydrogen-bond donors (Lipinski definition) is 1. The fourth-order valence-electron chi connectivity index (χ4n) is 3.52. The molecule has 3 heterocycles. The molecule has 0 spiro atoms. The Bertz CT molecular complexity index is 918. The van der Waals surface area contributed by atoms with Gasteiger partial charge in [-0.3, -0.25) is 4.98 Å². The third kappa shape index (κ3) is 4.37. The number of aromatic nitrogens is 2. The second kappa shape index (κ2) is 8.44. The summed E-state index contributed by atoms with van der Waals surface area (Å²) >= 11 is 1.63. The van der Waals surface area contributed by atoms with Gasteiger partial charge in [0.1, 0.15) is 0 Å². The third-order valence-electron chi connectivity index (χ3n) is 5.18. The second-order valence-electron chi connectivity index (χ2n) is 7.14. The van der Waals surface area contributed by atoms with Crippen molar-refractivity contribution in [3.8, 4) is 0 Å². The Labute approximate surface area is 172 Å². The van der Waals surface area contributed by atoms with E-state index in [4.69, 9.17) is 0 Å². The number of rotatable bonds is 7. The SMILES string of the molecule is CCN(CC)S(=O)(=O)N1CC[C@H](c2cc(Nc3nc(C)c(C)s3)cc(C)n2)C1. The Morgan fingerprint density at radius 1 is 1.21 bits per heavy atom. The standard InChI is InChI=1S/C19H29N5O2S2/c1-6-23(7-2)28(25,26)24-9-8-16(12-24)18-11-17(10-13(3)20-18)22-19-21-14(4)15(5)27-19/h10-11,16H,6-9,12H2,1-5H3,(H,20,21,22)/t16-/m0/s1. The number of thiazole rings is 1. The molecule has 2 aromatic heterocycles. The molecule has 28 heavy (non-hydrogen) atoms. The molecule has 2 aromatic rings. The van der Waals surface area contributed by atoms with Crippen LogP contribution in [0.4, 0.5) is 10.8 Å². The van der Waals surface area contributed by atoms with Crippen molar-refractivity contribution in [1.29, 1.82) is 0 Å². The fraction of sp³-hybridized carbons (Fsp3) is 0.579. The van der Waals surface area contributed by atoms with E-state index in [1.807, 2.05) is 39.8 Å². The van der Waals surface area contributed by atoms with E-state index in [2.05, 4.69) is 22.2 Å². The molecule has 0 amide bonds. The Morgan fingerprint density at radius 3 is 2.54 bits per heavy atom. The highest BCUT2D eigenvalue weighted by Gasteiger charge is 2.35. The Kier molecular flexibility index (Phi) is 6.38. The van der Waals surface area contributed by atoms with Crippen LogP contribution >= 0.6 is 11.3 Å². The third-order valence-corrected chi connectivity index (χ3v) is 8.32. The van der Waals surface area contributed by atoms with Gasteiger partial charge in [-0.25, -0.2) is 4.98 Å². The number of nitrogens with one attached hydrogen (secondary N) is 1. The minimum atomic E-state index is -3.40. The smallest absolute Gasteiger partial charge is 0.281 e. The molecule has 1 atom stereocenters. The van der Waals surface area contributed by atoms with Crippen LogP contribution in [0.1, 0.15) is 48.1 Å². The van der Waals surface area contributed by atoms with E-state index in [-0.39, 0.29) is 5.92 Å². The molecule has 1 N–H and O–H groups in total. The van der Waals surface area contributed by atoms with Crippen molar-refractivity contribution in [2.45, 2.75) is 47.0 Å². The molecule has 7 nitrogen and oxygen atoms in total. The Morgan fingerprint density at radius 2 is 1.93 bits per heavy atom. The van der Waals surface area contributed by atoms with Crippen LogP contribution in [0.3, 0.4) is 0 Å². The topological polar surface area (TPSA) is 78.4 Å². The van der Waals surface area contributed by atoms with Crippen molar-refractivity contribution >= 4 is 32.4 Å². The highest BCUT2D eigenvalue weighted by molar-refractivity contribution is 7.86. The van der Waals surface area contributed by atoms with E-state index in [0.29, 0.717) is 26.2 Å². The van der Waals surface area contributed by atoms with Crippen molar-refractivity contribution in [1.82, 2.24) is 18.6 Å². The number of nitrogens with zero attached hydrogens (tertiary/aromatic N) is 4. The first-order valence-electron chi connectivity index (χ1n) is 9.69. The van der Waals surface area contributed by atoms with Crippen LogP contribution < -0.4 is 5.32 Å². The maximum absolute atomic E-state index is 12.8. The van der Waals surface area contributed by atoms with Gasteiger partial charge in [-0.2, -0.15) is 17.0 Å². The second-order valence-corrected chi connectivity index (χ2v) is 10.3. The lowest BCUT2D eigenvalue weighted by Crippen LogP contribution is -2.42. The van der Waals surface area contributed by atoms with Crippen molar-refractivity contribution in [3.05, 3.63) is 34.1 Å². The zero-order chi connectivity index (χ0) is 20.5. The van der Waals surface area contributed by atoms with Gasteiger partial charge in [0.25, 0.3) is 10.2 Å². The van der Waals surface area contributed by atoms with Gasteiger partial charge in [-0.15, -0.1) is 11.3 Å². The first-order valence-corrected chi connectivity index (χ1v) is 11.9. The summed E-state index contributed by atoms with van der Waals surface area (Å²) in [5.41, 5.74) is 3.83. The van der Waals surface area contributed by atoms with Crippen LogP contribution in [0.15, 0.2) is 12.1 Å². The van der Waals surface area contributed by atoms with Crippen molar-refractivity contribution in [2.24, 2.45) is 0 Å². The molecule has 0 saturated carbocycles. The average Bonchev–Trinajstić information content (AvgIpc) is 3.23.